The van der Waals surface area contributed by atoms with E-state index in [9.17, 15) is 9.90 Å². The van der Waals surface area contributed by atoms with E-state index < -0.39 is 6.10 Å². The molecule has 0 aliphatic rings. The lowest BCUT2D eigenvalue weighted by Crippen LogP contribution is -2.02. The number of aromatic nitrogens is 3. The highest BCUT2D eigenvalue weighted by atomic mass is 16.5. The van der Waals surface area contributed by atoms with Crippen LogP contribution in [0.2, 0.25) is 0 Å². The minimum absolute atomic E-state index is 0.237. The van der Waals surface area contributed by atoms with Gasteiger partial charge in [-0.05, 0) is 12.5 Å². The van der Waals surface area contributed by atoms with E-state index in [0.717, 1.165) is 6.42 Å². The van der Waals surface area contributed by atoms with Crippen molar-refractivity contribution in [3.05, 3.63) is 34.5 Å². The van der Waals surface area contributed by atoms with Crippen LogP contribution in [0.25, 0.3) is 11.5 Å². The summed E-state index contributed by atoms with van der Waals surface area (Å²) in [6.07, 6.45) is 2.19. The molecule has 6 heteroatoms. The molecular weight excluding hydrogens is 222 g/mol. The summed E-state index contributed by atoms with van der Waals surface area (Å²) >= 11 is 0. The highest BCUT2D eigenvalue weighted by molar-refractivity contribution is 5.51. The molecule has 1 atom stereocenters. The number of rotatable bonds is 4. The molecule has 0 aliphatic heterocycles. The van der Waals surface area contributed by atoms with Crippen LogP contribution in [-0.4, -0.2) is 20.2 Å². The van der Waals surface area contributed by atoms with Crippen LogP contribution in [0.15, 0.2) is 27.6 Å². The van der Waals surface area contributed by atoms with Gasteiger partial charge in [-0.2, -0.15) is 4.98 Å². The van der Waals surface area contributed by atoms with Gasteiger partial charge in [0.1, 0.15) is 6.10 Å². The van der Waals surface area contributed by atoms with Crippen LogP contribution in [-0.2, 0) is 0 Å². The van der Waals surface area contributed by atoms with Crippen LogP contribution >= 0.6 is 0 Å². The maximum Gasteiger partial charge on any atom is 0.258 e. The van der Waals surface area contributed by atoms with E-state index in [-0.39, 0.29) is 17.3 Å². The van der Waals surface area contributed by atoms with Gasteiger partial charge in [0.25, 0.3) is 5.89 Å². The maximum absolute atomic E-state index is 11.1. The van der Waals surface area contributed by atoms with Crippen molar-refractivity contribution in [3.8, 4) is 11.5 Å². The number of hydrogen-bond acceptors (Lipinski definition) is 5. The Hall–Kier alpha value is -1.95. The van der Waals surface area contributed by atoms with E-state index in [4.69, 9.17) is 4.52 Å². The second-order valence-corrected chi connectivity index (χ2v) is 3.70. The van der Waals surface area contributed by atoms with Gasteiger partial charge in [0.05, 0.1) is 0 Å². The molecule has 6 nitrogen and oxygen atoms in total. The zero-order valence-electron chi connectivity index (χ0n) is 9.38. The molecule has 0 aliphatic carbocycles. The molecule has 0 saturated heterocycles. The van der Waals surface area contributed by atoms with Gasteiger partial charge in [-0.3, -0.25) is 4.79 Å². The van der Waals surface area contributed by atoms with Crippen molar-refractivity contribution in [2.24, 2.45) is 0 Å². The lowest BCUT2D eigenvalue weighted by atomic mass is 10.2. The number of H-pyrrole nitrogens is 1. The third-order valence-corrected chi connectivity index (χ3v) is 2.32. The fourth-order valence-electron chi connectivity index (χ4n) is 1.47. The summed E-state index contributed by atoms with van der Waals surface area (Å²) in [5.74, 6) is 0.489. The topological polar surface area (TPSA) is 92.0 Å². The second-order valence-electron chi connectivity index (χ2n) is 3.70. The number of aliphatic hydroxyl groups excluding tert-OH is 1. The third-order valence-electron chi connectivity index (χ3n) is 2.32. The summed E-state index contributed by atoms with van der Waals surface area (Å²) in [7, 11) is 0. The Labute approximate surface area is 97.3 Å². The van der Waals surface area contributed by atoms with Crippen LogP contribution < -0.4 is 5.56 Å². The lowest BCUT2D eigenvalue weighted by Gasteiger charge is -2.01. The summed E-state index contributed by atoms with van der Waals surface area (Å²) in [6, 6.07) is 3.02. The van der Waals surface area contributed by atoms with Gasteiger partial charge < -0.3 is 14.6 Å². The fraction of sp³-hybridized carbons (Fsp3) is 0.364. The highest BCUT2D eigenvalue weighted by Gasteiger charge is 2.15. The van der Waals surface area contributed by atoms with Crippen LogP contribution in [0, 0.1) is 0 Å². The minimum Gasteiger partial charge on any atom is -0.385 e. The van der Waals surface area contributed by atoms with Crippen molar-refractivity contribution in [1.29, 1.82) is 0 Å². The first-order chi connectivity index (χ1) is 8.20. The molecule has 2 rings (SSSR count). The Morgan fingerprint density at radius 3 is 3.12 bits per heavy atom. The molecule has 0 amide bonds. The van der Waals surface area contributed by atoms with Crippen molar-refractivity contribution in [2.45, 2.75) is 25.9 Å². The standard InChI is InChI=1S/C11H13N3O3/c1-2-3-8(15)10-13-11(17-14-10)7-4-5-12-9(16)6-7/h4-6,8,15H,2-3H2,1H3,(H,12,16). The highest BCUT2D eigenvalue weighted by Crippen LogP contribution is 2.19. The quantitative estimate of drug-likeness (QED) is 0.832. The first-order valence-corrected chi connectivity index (χ1v) is 5.41. The van der Waals surface area contributed by atoms with Crippen molar-refractivity contribution in [1.82, 2.24) is 15.1 Å². The lowest BCUT2D eigenvalue weighted by molar-refractivity contribution is 0.153. The van der Waals surface area contributed by atoms with Crippen molar-refractivity contribution < 1.29 is 9.63 Å². The first-order valence-electron chi connectivity index (χ1n) is 5.41. The molecule has 0 saturated carbocycles. The molecule has 17 heavy (non-hydrogen) atoms. The Kier molecular flexibility index (Phi) is 3.34. The van der Waals surface area contributed by atoms with E-state index in [1.807, 2.05) is 6.92 Å². The van der Waals surface area contributed by atoms with Crippen LogP contribution in [0.5, 0.6) is 0 Å². The summed E-state index contributed by atoms with van der Waals surface area (Å²) in [5.41, 5.74) is 0.299. The van der Waals surface area contributed by atoms with E-state index in [2.05, 4.69) is 15.1 Å². The smallest absolute Gasteiger partial charge is 0.258 e. The minimum atomic E-state index is -0.723. The maximum atomic E-state index is 11.1. The number of nitrogens with zero attached hydrogens (tertiary/aromatic N) is 2. The van der Waals surface area contributed by atoms with Crippen LogP contribution in [0.1, 0.15) is 31.7 Å². The number of hydrogen-bond donors (Lipinski definition) is 2. The summed E-state index contributed by atoms with van der Waals surface area (Å²) < 4.78 is 5.00. The summed E-state index contributed by atoms with van der Waals surface area (Å²) in [4.78, 5) is 17.7. The average molecular weight is 235 g/mol. The molecule has 2 aromatic heterocycles. The van der Waals surface area contributed by atoms with Crippen LogP contribution in [0.4, 0.5) is 0 Å². The Balaban J connectivity index is 2.26. The Morgan fingerprint density at radius 2 is 2.41 bits per heavy atom. The molecule has 0 radical (unpaired) electrons. The molecule has 0 aromatic carbocycles. The number of nitrogens with one attached hydrogen (secondary N) is 1. The molecule has 0 fully saturated rings. The van der Waals surface area contributed by atoms with E-state index in [1.54, 1.807) is 6.07 Å². The predicted molar refractivity (Wildman–Crippen MR) is 60.2 cm³/mol. The Bertz CT molecular complexity index is 547. The van der Waals surface area contributed by atoms with Crippen molar-refractivity contribution >= 4 is 0 Å². The summed E-state index contributed by atoms with van der Waals surface area (Å²) in [5, 5.41) is 13.4. The third kappa shape index (κ3) is 2.59. The molecule has 1 unspecified atom stereocenters. The monoisotopic (exact) mass is 235 g/mol. The van der Waals surface area contributed by atoms with Gasteiger partial charge in [0.2, 0.25) is 11.4 Å². The van der Waals surface area contributed by atoms with Crippen molar-refractivity contribution in [2.75, 3.05) is 0 Å². The fourth-order valence-corrected chi connectivity index (χ4v) is 1.47. The Morgan fingerprint density at radius 1 is 1.59 bits per heavy atom. The van der Waals surface area contributed by atoms with E-state index in [0.29, 0.717) is 12.0 Å². The predicted octanol–water partition coefficient (Wildman–Crippen LogP) is 1.26. The molecule has 0 bridgehead atoms. The summed E-state index contributed by atoms with van der Waals surface area (Å²) in [6.45, 7) is 1.96. The SMILES string of the molecule is CCCC(O)c1noc(-c2cc[nH]c(=O)c2)n1. The van der Waals surface area contributed by atoms with Gasteiger partial charge in [-0.1, -0.05) is 18.5 Å². The molecular formula is C11H13N3O3. The van der Waals surface area contributed by atoms with E-state index >= 15 is 0 Å². The van der Waals surface area contributed by atoms with Crippen LogP contribution in [0.3, 0.4) is 0 Å². The van der Waals surface area contributed by atoms with Gasteiger partial charge in [0.15, 0.2) is 0 Å². The molecule has 0 spiro atoms. The van der Waals surface area contributed by atoms with Gasteiger partial charge >= 0.3 is 0 Å². The van der Waals surface area contributed by atoms with Gasteiger partial charge in [0, 0.05) is 17.8 Å². The zero-order valence-corrected chi connectivity index (χ0v) is 9.38. The van der Waals surface area contributed by atoms with Gasteiger partial charge in [-0.15, -0.1) is 0 Å². The second kappa shape index (κ2) is 4.92. The average Bonchev–Trinajstić information content (AvgIpc) is 2.78. The number of pyridine rings is 1. The molecule has 2 aromatic rings. The molecule has 90 valence electrons. The van der Waals surface area contributed by atoms with Gasteiger partial charge in [-0.25, -0.2) is 0 Å². The number of aromatic amines is 1. The van der Waals surface area contributed by atoms with E-state index in [1.165, 1.54) is 12.3 Å². The molecule has 2 heterocycles. The first kappa shape index (κ1) is 11.5. The van der Waals surface area contributed by atoms with Crippen molar-refractivity contribution in [3.63, 3.8) is 0 Å². The zero-order chi connectivity index (χ0) is 12.3. The molecule has 2 N–H and O–H groups in total. The largest absolute Gasteiger partial charge is 0.385 e. The number of aliphatic hydroxyl groups is 1. The normalized spacial score (nSPS) is 12.6.